The average molecular weight is 447 g/mol. The van der Waals surface area contributed by atoms with Gasteiger partial charge in [-0.05, 0) is 57.0 Å². The lowest BCUT2D eigenvalue weighted by molar-refractivity contribution is -0.113. The van der Waals surface area contributed by atoms with Gasteiger partial charge in [0, 0.05) is 18.3 Å². The van der Waals surface area contributed by atoms with Crippen molar-refractivity contribution in [3.8, 4) is 5.75 Å². The third-order valence-corrected chi connectivity index (χ3v) is 5.80. The van der Waals surface area contributed by atoms with E-state index < -0.39 is 17.7 Å². The SMILES string of the molecule is CCn1c(SCC(=O)Nc2cccc(C)c2C)nnc1C(C)Oc1ccc(F)cc1F. The summed E-state index contributed by atoms with van der Waals surface area (Å²) in [5.41, 5.74) is 2.91. The van der Waals surface area contributed by atoms with Crippen LogP contribution in [0.3, 0.4) is 0 Å². The Balaban J connectivity index is 1.66. The predicted molar refractivity (Wildman–Crippen MR) is 116 cm³/mol. The number of carbonyl (C=O) groups excluding carboxylic acids is 1. The Kier molecular flexibility index (Phi) is 7.27. The van der Waals surface area contributed by atoms with Crippen LogP contribution in [0.15, 0.2) is 41.6 Å². The van der Waals surface area contributed by atoms with E-state index in [0.29, 0.717) is 17.5 Å². The molecule has 2 aromatic carbocycles. The molecule has 1 atom stereocenters. The first-order valence-corrected chi connectivity index (χ1v) is 10.8. The van der Waals surface area contributed by atoms with E-state index in [1.807, 2.05) is 43.5 Å². The molecule has 9 heteroatoms. The minimum atomic E-state index is -0.785. The smallest absolute Gasteiger partial charge is 0.234 e. The summed E-state index contributed by atoms with van der Waals surface area (Å²) in [7, 11) is 0. The molecule has 1 heterocycles. The number of benzene rings is 2. The molecule has 164 valence electrons. The standard InChI is InChI=1S/C22H24F2N4O2S/c1-5-28-21(15(4)30-19-10-9-16(23)11-17(19)24)26-27-22(28)31-12-20(29)25-18-8-6-7-13(2)14(18)3/h6-11,15H,5,12H2,1-4H3,(H,25,29). The number of nitrogens with zero attached hydrogens (tertiary/aromatic N) is 3. The number of hydrogen-bond acceptors (Lipinski definition) is 5. The molecule has 3 aromatic rings. The molecule has 0 fully saturated rings. The van der Waals surface area contributed by atoms with Crippen LogP contribution in [0.1, 0.15) is 36.9 Å². The van der Waals surface area contributed by atoms with Crippen LogP contribution in [0, 0.1) is 25.5 Å². The average Bonchev–Trinajstić information content (AvgIpc) is 3.15. The van der Waals surface area contributed by atoms with Crippen molar-refractivity contribution in [2.45, 2.75) is 45.5 Å². The van der Waals surface area contributed by atoms with Crippen molar-refractivity contribution in [3.05, 3.63) is 65.0 Å². The molecule has 0 saturated carbocycles. The lowest BCUT2D eigenvalue weighted by Gasteiger charge is -2.16. The zero-order valence-corrected chi connectivity index (χ0v) is 18.6. The fourth-order valence-electron chi connectivity index (χ4n) is 3.02. The highest BCUT2D eigenvalue weighted by molar-refractivity contribution is 7.99. The highest BCUT2D eigenvalue weighted by atomic mass is 32.2. The Bertz CT molecular complexity index is 1090. The van der Waals surface area contributed by atoms with E-state index in [1.54, 1.807) is 6.92 Å². The van der Waals surface area contributed by atoms with Gasteiger partial charge in [-0.3, -0.25) is 4.79 Å². The molecule has 0 saturated heterocycles. The van der Waals surface area contributed by atoms with Crippen molar-refractivity contribution >= 4 is 23.4 Å². The lowest BCUT2D eigenvalue weighted by atomic mass is 10.1. The van der Waals surface area contributed by atoms with Crippen molar-refractivity contribution in [3.63, 3.8) is 0 Å². The third-order valence-electron chi connectivity index (χ3n) is 4.83. The Labute approximate surface area is 184 Å². The molecule has 1 unspecified atom stereocenters. The molecule has 1 amide bonds. The number of aryl methyl sites for hydroxylation is 1. The number of thioether (sulfide) groups is 1. The van der Waals surface area contributed by atoms with E-state index in [1.165, 1.54) is 17.8 Å². The van der Waals surface area contributed by atoms with Gasteiger partial charge in [-0.15, -0.1) is 10.2 Å². The molecule has 0 aliphatic heterocycles. The summed E-state index contributed by atoms with van der Waals surface area (Å²) in [4.78, 5) is 12.4. The summed E-state index contributed by atoms with van der Waals surface area (Å²) >= 11 is 1.26. The van der Waals surface area contributed by atoms with Gasteiger partial charge in [-0.2, -0.15) is 0 Å². The minimum absolute atomic E-state index is 0.0679. The second-order valence-electron chi connectivity index (χ2n) is 7.00. The fraction of sp³-hybridized carbons (Fsp3) is 0.318. The Morgan fingerprint density at radius 3 is 2.71 bits per heavy atom. The Hall–Kier alpha value is -2.94. The number of rotatable bonds is 8. The first-order chi connectivity index (χ1) is 14.8. The van der Waals surface area contributed by atoms with Gasteiger partial charge in [0.15, 0.2) is 28.7 Å². The van der Waals surface area contributed by atoms with E-state index in [0.717, 1.165) is 28.9 Å². The maximum absolute atomic E-state index is 13.9. The minimum Gasteiger partial charge on any atom is -0.480 e. The monoisotopic (exact) mass is 446 g/mol. The number of hydrogen-bond donors (Lipinski definition) is 1. The van der Waals surface area contributed by atoms with Crippen LogP contribution in [-0.4, -0.2) is 26.4 Å². The summed E-state index contributed by atoms with van der Waals surface area (Å²) in [5, 5.41) is 11.8. The van der Waals surface area contributed by atoms with Crippen LogP contribution < -0.4 is 10.1 Å². The molecule has 3 rings (SSSR count). The Morgan fingerprint density at radius 2 is 2.00 bits per heavy atom. The molecule has 0 bridgehead atoms. The number of aromatic nitrogens is 3. The van der Waals surface area contributed by atoms with Crippen molar-refractivity contribution in [1.82, 2.24) is 14.8 Å². The van der Waals surface area contributed by atoms with Gasteiger partial charge >= 0.3 is 0 Å². The molecule has 0 radical (unpaired) electrons. The molecule has 0 aliphatic carbocycles. The fourth-order valence-corrected chi connectivity index (χ4v) is 3.83. The van der Waals surface area contributed by atoms with Gasteiger partial charge in [0.1, 0.15) is 5.82 Å². The molecule has 1 aromatic heterocycles. The number of nitrogens with one attached hydrogen (secondary N) is 1. The molecule has 31 heavy (non-hydrogen) atoms. The molecule has 0 aliphatic rings. The lowest BCUT2D eigenvalue weighted by Crippen LogP contribution is -2.16. The van der Waals surface area contributed by atoms with Crippen LogP contribution >= 0.6 is 11.8 Å². The van der Waals surface area contributed by atoms with Gasteiger partial charge in [-0.25, -0.2) is 8.78 Å². The second kappa shape index (κ2) is 9.91. The summed E-state index contributed by atoms with van der Waals surface area (Å²) in [6.07, 6.45) is -0.620. The Morgan fingerprint density at radius 1 is 1.23 bits per heavy atom. The van der Waals surface area contributed by atoms with Gasteiger partial charge < -0.3 is 14.6 Å². The maximum atomic E-state index is 13.9. The predicted octanol–water partition coefficient (Wildman–Crippen LogP) is 5.06. The van der Waals surface area contributed by atoms with Crippen molar-refractivity contribution in [2.75, 3.05) is 11.1 Å². The first kappa shape index (κ1) is 22.7. The summed E-state index contributed by atoms with van der Waals surface area (Å²) in [5.74, 6) is -1.03. The molecule has 1 N–H and O–H groups in total. The third kappa shape index (κ3) is 5.41. The van der Waals surface area contributed by atoms with Crippen molar-refractivity contribution in [1.29, 1.82) is 0 Å². The van der Waals surface area contributed by atoms with Crippen LogP contribution in [0.2, 0.25) is 0 Å². The summed E-state index contributed by atoms with van der Waals surface area (Å²) in [6, 6.07) is 8.89. The van der Waals surface area contributed by atoms with E-state index in [2.05, 4.69) is 15.5 Å². The number of halogens is 2. The van der Waals surface area contributed by atoms with Gasteiger partial charge in [0.25, 0.3) is 0 Å². The van der Waals surface area contributed by atoms with Crippen molar-refractivity contribution in [2.24, 2.45) is 0 Å². The second-order valence-corrected chi connectivity index (χ2v) is 7.95. The van der Waals surface area contributed by atoms with E-state index in [9.17, 15) is 13.6 Å². The zero-order chi connectivity index (χ0) is 22.5. The summed E-state index contributed by atoms with van der Waals surface area (Å²) in [6.45, 7) is 8.12. The maximum Gasteiger partial charge on any atom is 0.234 e. The molecule has 6 nitrogen and oxygen atoms in total. The van der Waals surface area contributed by atoms with Crippen LogP contribution in [0.25, 0.3) is 0 Å². The number of anilines is 1. The highest BCUT2D eigenvalue weighted by Crippen LogP contribution is 2.27. The number of ether oxygens (including phenoxy) is 1. The van der Waals surface area contributed by atoms with E-state index >= 15 is 0 Å². The number of amides is 1. The number of carbonyl (C=O) groups is 1. The van der Waals surface area contributed by atoms with Gasteiger partial charge in [0.2, 0.25) is 5.91 Å². The normalized spacial score (nSPS) is 11.9. The van der Waals surface area contributed by atoms with Gasteiger partial charge in [-0.1, -0.05) is 23.9 Å². The highest BCUT2D eigenvalue weighted by Gasteiger charge is 2.21. The van der Waals surface area contributed by atoms with Crippen LogP contribution in [0.5, 0.6) is 5.75 Å². The van der Waals surface area contributed by atoms with Crippen LogP contribution in [0.4, 0.5) is 14.5 Å². The van der Waals surface area contributed by atoms with Crippen molar-refractivity contribution < 1.29 is 18.3 Å². The quantitative estimate of drug-likeness (QED) is 0.490. The van der Waals surface area contributed by atoms with Gasteiger partial charge in [0.05, 0.1) is 5.75 Å². The summed E-state index contributed by atoms with van der Waals surface area (Å²) < 4.78 is 34.4. The molecule has 0 spiro atoms. The largest absolute Gasteiger partial charge is 0.480 e. The van der Waals surface area contributed by atoms with E-state index in [-0.39, 0.29) is 17.4 Å². The molecular weight excluding hydrogens is 422 g/mol. The van der Waals surface area contributed by atoms with Crippen LogP contribution in [-0.2, 0) is 11.3 Å². The van der Waals surface area contributed by atoms with E-state index in [4.69, 9.17) is 4.74 Å². The first-order valence-electron chi connectivity index (χ1n) is 9.83. The molecular formula is C22H24F2N4O2S. The zero-order valence-electron chi connectivity index (χ0n) is 17.8. The topological polar surface area (TPSA) is 69.0 Å².